The molecule has 80 valence electrons. The van der Waals surface area contributed by atoms with Crippen molar-refractivity contribution in [1.82, 2.24) is 4.90 Å². The molecule has 2 aliphatic rings. The number of hydrogen-bond donors (Lipinski definition) is 0. The van der Waals surface area contributed by atoms with E-state index in [2.05, 4.69) is 13.8 Å². The maximum absolute atomic E-state index is 11.9. The summed E-state index contributed by atoms with van der Waals surface area (Å²) in [5.74, 6) is 0.687. The molecule has 0 N–H and O–H groups in total. The highest BCUT2D eigenvalue weighted by Gasteiger charge is 2.36. The molecule has 0 spiro atoms. The Balaban J connectivity index is 1.99. The van der Waals surface area contributed by atoms with E-state index >= 15 is 0 Å². The normalized spacial score (nSPS) is 27.1. The largest absolute Gasteiger partial charge is 0.374 e. The quantitative estimate of drug-likeness (QED) is 0.636. The molecule has 0 aromatic rings. The summed E-state index contributed by atoms with van der Waals surface area (Å²) in [4.78, 5) is 13.9. The number of ether oxygens (including phenoxy) is 1. The van der Waals surface area contributed by atoms with Crippen molar-refractivity contribution in [3.05, 3.63) is 0 Å². The summed E-state index contributed by atoms with van der Waals surface area (Å²) in [6, 6.07) is 0. The zero-order valence-electron chi connectivity index (χ0n) is 9.08. The first-order valence-corrected chi connectivity index (χ1v) is 5.51. The number of carbonyl (C=O) groups is 1. The highest BCUT2D eigenvalue weighted by Crippen LogP contribution is 2.32. The Morgan fingerprint density at radius 1 is 1.43 bits per heavy atom. The summed E-state index contributed by atoms with van der Waals surface area (Å²) < 4.78 is 5.68. The first kappa shape index (κ1) is 9.97. The lowest BCUT2D eigenvalue weighted by Gasteiger charge is -2.29. The van der Waals surface area contributed by atoms with E-state index in [0.717, 1.165) is 39.0 Å². The Bertz CT molecular complexity index is 233. The Hall–Kier alpha value is -0.570. The topological polar surface area (TPSA) is 29.5 Å². The molecule has 1 saturated heterocycles. The highest BCUT2D eigenvalue weighted by molar-refractivity contribution is 5.81. The van der Waals surface area contributed by atoms with Gasteiger partial charge < -0.3 is 9.64 Å². The van der Waals surface area contributed by atoms with Crippen LogP contribution in [0.25, 0.3) is 0 Å². The standard InChI is InChI=1S/C11H19NO2/c1-11(2)8-12(6-3-7-14-11)10(13)9-4-5-9/h9H,3-8H2,1-2H3. The van der Waals surface area contributed by atoms with Crippen LogP contribution in [-0.4, -0.2) is 36.1 Å². The second-order valence-electron chi connectivity index (χ2n) is 5.00. The van der Waals surface area contributed by atoms with Crippen LogP contribution in [-0.2, 0) is 9.53 Å². The lowest BCUT2D eigenvalue weighted by molar-refractivity contribution is -0.134. The van der Waals surface area contributed by atoms with Crippen LogP contribution < -0.4 is 0 Å². The van der Waals surface area contributed by atoms with E-state index in [0.29, 0.717) is 11.8 Å². The first-order chi connectivity index (χ1) is 6.58. The van der Waals surface area contributed by atoms with Gasteiger partial charge in [0.25, 0.3) is 0 Å². The van der Waals surface area contributed by atoms with Gasteiger partial charge in [0.15, 0.2) is 0 Å². The third kappa shape index (κ3) is 2.27. The van der Waals surface area contributed by atoms with Crippen LogP contribution in [0.2, 0.25) is 0 Å². The Morgan fingerprint density at radius 2 is 2.14 bits per heavy atom. The third-order valence-electron chi connectivity index (χ3n) is 2.88. The number of carbonyl (C=O) groups excluding carboxylic acids is 1. The summed E-state index contributed by atoms with van der Waals surface area (Å²) in [5.41, 5.74) is -0.166. The lowest BCUT2D eigenvalue weighted by Crippen LogP contribution is -2.42. The zero-order chi connectivity index (χ0) is 10.2. The van der Waals surface area contributed by atoms with E-state index < -0.39 is 0 Å². The van der Waals surface area contributed by atoms with Crippen molar-refractivity contribution in [3.63, 3.8) is 0 Å². The molecular weight excluding hydrogens is 178 g/mol. The molecule has 1 aliphatic heterocycles. The summed E-state index contributed by atoms with van der Waals surface area (Å²) in [5, 5.41) is 0. The van der Waals surface area contributed by atoms with Crippen LogP contribution >= 0.6 is 0 Å². The van der Waals surface area contributed by atoms with Gasteiger partial charge in [-0.2, -0.15) is 0 Å². The van der Waals surface area contributed by atoms with Crippen LogP contribution in [0, 0.1) is 5.92 Å². The van der Waals surface area contributed by atoms with E-state index in [1.54, 1.807) is 0 Å². The summed E-state index contributed by atoms with van der Waals surface area (Å²) in [7, 11) is 0. The number of rotatable bonds is 1. The molecule has 3 heteroatoms. The second-order valence-corrected chi connectivity index (χ2v) is 5.00. The summed E-state index contributed by atoms with van der Waals surface area (Å²) in [6.07, 6.45) is 3.16. The van der Waals surface area contributed by atoms with Crippen molar-refractivity contribution in [2.45, 2.75) is 38.7 Å². The fraction of sp³-hybridized carbons (Fsp3) is 0.909. The van der Waals surface area contributed by atoms with Crippen molar-refractivity contribution in [2.24, 2.45) is 5.92 Å². The maximum Gasteiger partial charge on any atom is 0.225 e. The van der Waals surface area contributed by atoms with Crippen molar-refractivity contribution in [1.29, 1.82) is 0 Å². The molecule has 1 saturated carbocycles. The van der Waals surface area contributed by atoms with E-state index in [-0.39, 0.29) is 5.60 Å². The van der Waals surface area contributed by atoms with Gasteiger partial charge >= 0.3 is 0 Å². The molecule has 2 rings (SSSR count). The van der Waals surface area contributed by atoms with Gasteiger partial charge in [-0.05, 0) is 33.1 Å². The monoisotopic (exact) mass is 197 g/mol. The average molecular weight is 197 g/mol. The molecule has 0 aromatic heterocycles. The second kappa shape index (κ2) is 3.54. The molecule has 0 aromatic carbocycles. The highest BCUT2D eigenvalue weighted by atomic mass is 16.5. The van der Waals surface area contributed by atoms with Crippen molar-refractivity contribution < 1.29 is 9.53 Å². The van der Waals surface area contributed by atoms with Crippen LogP contribution in [0.3, 0.4) is 0 Å². The molecule has 2 fully saturated rings. The van der Waals surface area contributed by atoms with Crippen LogP contribution in [0.5, 0.6) is 0 Å². The summed E-state index contributed by atoms with van der Waals surface area (Å²) in [6.45, 7) is 6.53. The van der Waals surface area contributed by atoms with E-state index in [4.69, 9.17) is 4.74 Å². The predicted octanol–water partition coefficient (Wildman–Crippen LogP) is 1.42. The number of nitrogens with zero attached hydrogens (tertiary/aromatic N) is 1. The molecule has 1 aliphatic carbocycles. The van der Waals surface area contributed by atoms with Gasteiger partial charge in [-0.3, -0.25) is 4.79 Å². The molecular formula is C11H19NO2. The lowest BCUT2D eigenvalue weighted by atomic mass is 10.1. The third-order valence-corrected chi connectivity index (χ3v) is 2.88. The SMILES string of the molecule is CC1(C)CN(C(=O)C2CC2)CCCO1. The first-order valence-electron chi connectivity index (χ1n) is 5.51. The van der Waals surface area contributed by atoms with Gasteiger partial charge in [-0.25, -0.2) is 0 Å². The van der Waals surface area contributed by atoms with Crippen LogP contribution in [0.1, 0.15) is 33.1 Å². The maximum atomic E-state index is 11.9. The number of hydrogen-bond acceptors (Lipinski definition) is 2. The fourth-order valence-electron chi connectivity index (χ4n) is 1.96. The average Bonchev–Trinajstić information content (AvgIpc) is 2.89. The van der Waals surface area contributed by atoms with Crippen molar-refractivity contribution >= 4 is 5.91 Å². The number of amides is 1. The van der Waals surface area contributed by atoms with Crippen LogP contribution in [0.15, 0.2) is 0 Å². The molecule has 0 bridgehead atoms. The molecule has 1 heterocycles. The van der Waals surface area contributed by atoms with Gasteiger partial charge in [-0.15, -0.1) is 0 Å². The molecule has 14 heavy (non-hydrogen) atoms. The molecule has 3 nitrogen and oxygen atoms in total. The summed E-state index contributed by atoms with van der Waals surface area (Å²) >= 11 is 0. The predicted molar refractivity (Wildman–Crippen MR) is 54.0 cm³/mol. The van der Waals surface area contributed by atoms with Gasteiger partial charge in [-0.1, -0.05) is 0 Å². The Morgan fingerprint density at radius 3 is 2.79 bits per heavy atom. The smallest absolute Gasteiger partial charge is 0.225 e. The van der Waals surface area contributed by atoms with Gasteiger partial charge in [0.2, 0.25) is 5.91 Å². The Kier molecular flexibility index (Phi) is 2.52. The van der Waals surface area contributed by atoms with E-state index in [1.165, 1.54) is 0 Å². The van der Waals surface area contributed by atoms with Crippen molar-refractivity contribution in [3.8, 4) is 0 Å². The minimum Gasteiger partial charge on any atom is -0.374 e. The van der Waals surface area contributed by atoms with Gasteiger partial charge in [0.05, 0.1) is 5.60 Å². The van der Waals surface area contributed by atoms with Gasteiger partial charge in [0, 0.05) is 25.6 Å². The van der Waals surface area contributed by atoms with E-state index in [9.17, 15) is 4.79 Å². The Labute approximate surface area is 85.4 Å². The molecule has 0 unspecified atom stereocenters. The fourth-order valence-corrected chi connectivity index (χ4v) is 1.96. The molecule has 0 radical (unpaired) electrons. The molecule has 1 amide bonds. The van der Waals surface area contributed by atoms with Gasteiger partial charge in [0.1, 0.15) is 0 Å². The van der Waals surface area contributed by atoms with Crippen LogP contribution in [0.4, 0.5) is 0 Å². The van der Waals surface area contributed by atoms with Crippen molar-refractivity contribution in [2.75, 3.05) is 19.7 Å². The minimum absolute atomic E-state index is 0.166. The van der Waals surface area contributed by atoms with E-state index in [1.807, 2.05) is 4.90 Å². The minimum atomic E-state index is -0.166. The molecule has 0 atom stereocenters. The zero-order valence-corrected chi connectivity index (χ0v) is 9.08.